The van der Waals surface area contributed by atoms with Crippen molar-refractivity contribution in [2.24, 2.45) is 0 Å². The highest BCUT2D eigenvalue weighted by Crippen LogP contribution is 2.11. The van der Waals surface area contributed by atoms with Crippen LogP contribution in [0.3, 0.4) is 0 Å². The van der Waals surface area contributed by atoms with Gasteiger partial charge in [-0.3, -0.25) is 0 Å². The van der Waals surface area contributed by atoms with Crippen molar-refractivity contribution in [2.75, 3.05) is 5.75 Å². The lowest BCUT2D eigenvalue weighted by molar-refractivity contribution is 0.946. The van der Waals surface area contributed by atoms with Crippen molar-refractivity contribution in [3.63, 3.8) is 0 Å². The third-order valence-corrected chi connectivity index (χ3v) is 1.61. The molecule has 1 aliphatic rings. The Morgan fingerprint density at radius 2 is 2.67 bits per heavy atom. The smallest absolute Gasteiger partial charge is 0.00227 e. The first kappa shape index (κ1) is 4.25. The number of hydrogen-bond donors (Lipinski definition) is 0. The van der Waals surface area contributed by atoms with E-state index in [9.17, 15) is 0 Å². The molecule has 1 heteroatoms. The van der Waals surface area contributed by atoms with E-state index in [0.29, 0.717) is 0 Å². The van der Waals surface area contributed by atoms with Crippen LogP contribution in [0.1, 0.15) is 12.8 Å². The molecule has 0 spiro atoms. The lowest BCUT2D eigenvalue weighted by atomic mass is 10.3. The van der Waals surface area contributed by atoms with Crippen LogP contribution < -0.4 is 0 Å². The molecule has 0 nitrogen and oxygen atoms in total. The summed E-state index contributed by atoms with van der Waals surface area (Å²) >= 11 is 1.86. The van der Waals surface area contributed by atoms with Gasteiger partial charge in [-0.15, -0.1) is 11.8 Å². The zero-order chi connectivity index (χ0) is 4.24. The number of hydrogen-bond acceptors (Lipinski definition) is 1. The SMILES string of the molecule is [C]1=CSCCC1. The zero-order valence-electron chi connectivity index (χ0n) is 3.61. The molecule has 1 aliphatic heterocycles. The molecule has 33 valence electrons. The van der Waals surface area contributed by atoms with Crippen molar-refractivity contribution in [2.45, 2.75) is 12.8 Å². The van der Waals surface area contributed by atoms with Crippen LogP contribution in [0.5, 0.6) is 0 Å². The summed E-state index contributed by atoms with van der Waals surface area (Å²) in [5.41, 5.74) is 0. The molecule has 0 aromatic rings. The van der Waals surface area contributed by atoms with Gasteiger partial charge in [0.05, 0.1) is 0 Å². The molecular weight excluding hydrogens is 92.1 g/mol. The van der Waals surface area contributed by atoms with Crippen LogP contribution in [0, 0.1) is 6.08 Å². The average Bonchev–Trinajstić information content (AvgIpc) is 1.72. The molecule has 0 fully saturated rings. The first-order valence-corrected chi connectivity index (χ1v) is 3.22. The van der Waals surface area contributed by atoms with Crippen molar-refractivity contribution in [1.29, 1.82) is 0 Å². The molecule has 1 heterocycles. The highest BCUT2D eigenvalue weighted by molar-refractivity contribution is 8.02. The largest absolute Gasteiger partial charge is 0.134 e. The Morgan fingerprint density at radius 1 is 1.67 bits per heavy atom. The van der Waals surface area contributed by atoms with E-state index >= 15 is 0 Å². The molecule has 0 aromatic heterocycles. The van der Waals surface area contributed by atoms with Gasteiger partial charge in [-0.05, 0) is 30.1 Å². The second-order valence-electron chi connectivity index (χ2n) is 1.30. The van der Waals surface area contributed by atoms with Gasteiger partial charge >= 0.3 is 0 Å². The summed E-state index contributed by atoms with van der Waals surface area (Å²) in [6, 6.07) is 0. The Kier molecular flexibility index (Phi) is 1.63. The minimum Gasteiger partial charge on any atom is -0.134 e. The first-order chi connectivity index (χ1) is 3.00. The predicted molar refractivity (Wildman–Crippen MR) is 29.5 cm³/mol. The maximum atomic E-state index is 3.12. The molecule has 0 saturated carbocycles. The lowest BCUT2D eigenvalue weighted by Gasteiger charge is -1.96. The van der Waals surface area contributed by atoms with Crippen LogP contribution in [0.2, 0.25) is 0 Å². The first-order valence-electron chi connectivity index (χ1n) is 2.17. The van der Waals surface area contributed by atoms with Gasteiger partial charge in [0, 0.05) is 0 Å². The fourth-order valence-electron chi connectivity index (χ4n) is 0.434. The minimum absolute atomic E-state index is 1.17. The van der Waals surface area contributed by atoms with Crippen molar-refractivity contribution in [3.8, 4) is 0 Å². The minimum atomic E-state index is 1.17. The topological polar surface area (TPSA) is 0 Å². The Morgan fingerprint density at radius 3 is 2.83 bits per heavy atom. The van der Waals surface area contributed by atoms with Crippen LogP contribution in [-0.2, 0) is 0 Å². The van der Waals surface area contributed by atoms with Crippen molar-refractivity contribution in [3.05, 3.63) is 11.5 Å². The molecule has 0 amide bonds. The fourth-order valence-corrected chi connectivity index (χ4v) is 1.10. The molecule has 0 aromatic carbocycles. The van der Waals surface area contributed by atoms with E-state index in [0.717, 1.165) is 0 Å². The van der Waals surface area contributed by atoms with Gasteiger partial charge in [-0.25, -0.2) is 0 Å². The van der Waals surface area contributed by atoms with Gasteiger partial charge < -0.3 is 0 Å². The van der Waals surface area contributed by atoms with Crippen LogP contribution in [0.25, 0.3) is 0 Å². The third-order valence-electron chi connectivity index (χ3n) is 0.750. The van der Waals surface area contributed by atoms with E-state index < -0.39 is 0 Å². The Hall–Kier alpha value is 0.0900. The molecule has 0 saturated heterocycles. The molecule has 1 radical (unpaired) electrons. The second kappa shape index (κ2) is 2.30. The van der Waals surface area contributed by atoms with Crippen molar-refractivity contribution in [1.82, 2.24) is 0 Å². The summed E-state index contributed by atoms with van der Waals surface area (Å²) < 4.78 is 0. The number of allylic oxidation sites excluding steroid dienone is 1. The van der Waals surface area contributed by atoms with Gasteiger partial charge in [0.15, 0.2) is 0 Å². The van der Waals surface area contributed by atoms with Gasteiger partial charge in [0.25, 0.3) is 0 Å². The quantitative estimate of drug-likeness (QED) is 0.446. The molecule has 1 rings (SSSR count). The summed E-state index contributed by atoms with van der Waals surface area (Å²) in [6.07, 6.45) is 5.62. The average molecular weight is 99.2 g/mol. The predicted octanol–water partition coefficient (Wildman–Crippen LogP) is 1.83. The van der Waals surface area contributed by atoms with E-state index in [1.807, 2.05) is 11.8 Å². The highest BCUT2D eigenvalue weighted by Gasteiger charge is 1.88. The maximum absolute atomic E-state index is 3.12. The van der Waals surface area contributed by atoms with E-state index in [1.54, 1.807) is 0 Å². The monoisotopic (exact) mass is 99.0 g/mol. The number of rotatable bonds is 0. The Bertz CT molecular complexity index is 49.0. The fraction of sp³-hybridized carbons (Fsp3) is 0.600. The van der Waals surface area contributed by atoms with Crippen LogP contribution >= 0.6 is 11.8 Å². The summed E-state index contributed by atoms with van der Waals surface area (Å²) in [4.78, 5) is 0. The van der Waals surface area contributed by atoms with Crippen molar-refractivity contribution >= 4 is 11.8 Å². The van der Waals surface area contributed by atoms with Crippen LogP contribution in [0.15, 0.2) is 5.41 Å². The van der Waals surface area contributed by atoms with Crippen molar-refractivity contribution < 1.29 is 0 Å². The molecule has 0 N–H and O–H groups in total. The summed E-state index contributed by atoms with van der Waals surface area (Å²) in [5, 5.41) is 2.06. The van der Waals surface area contributed by atoms with Gasteiger partial charge in [0.2, 0.25) is 0 Å². The molecule has 0 unspecified atom stereocenters. The highest BCUT2D eigenvalue weighted by atomic mass is 32.2. The Labute approximate surface area is 42.6 Å². The van der Waals surface area contributed by atoms with Gasteiger partial charge in [-0.2, -0.15) is 0 Å². The third kappa shape index (κ3) is 1.05. The maximum Gasteiger partial charge on any atom is -0.00227 e. The second-order valence-corrected chi connectivity index (χ2v) is 2.27. The van der Waals surface area contributed by atoms with E-state index in [2.05, 4.69) is 11.5 Å². The normalized spacial score (nSPS) is 21.3. The zero-order valence-corrected chi connectivity index (χ0v) is 4.42. The summed E-state index contributed by atoms with van der Waals surface area (Å²) in [5.74, 6) is 1.30. The molecule has 0 atom stereocenters. The summed E-state index contributed by atoms with van der Waals surface area (Å²) in [7, 11) is 0. The molecular formula is C5H7S. The van der Waals surface area contributed by atoms with E-state index in [-0.39, 0.29) is 0 Å². The Balaban J connectivity index is 2.26. The molecule has 0 aliphatic carbocycles. The van der Waals surface area contributed by atoms with Gasteiger partial charge in [-0.1, -0.05) is 0 Å². The molecule has 6 heavy (non-hydrogen) atoms. The van der Waals surface area contributed by atoms with Gasteiger partial charge in [0.1, 0.15) is 0 Å². The van der Waals surface area contributed by atoms with E-state index in [4.69, 9.17) is 0 Å². The lowest BCUT2D eigenvalue weighted by Crippen LogP contribution is -1.79. The standard InChI is InChI=1S/C5H7S/c1-2-4-6-5-3-1/h5H,1-2,4H2. The molecule has 0 bridgehead atoms. The van der Waals surface area contributed by atoms with Crippen LogP contribution in [0.4, 0.5) is 0 Å². The van der Waals surface area contributed by atoms with E-state index in [1.165, 1.54) is 18.6 Å². The number of thioether (sulfide) groups is 1. The summed E-state index contributed by atoms with van der Waals surface area (Å²) in [6.45, 7) is 0. The van der Waals surface area contributed by atoms with Crippen LogP contribution in [-0.4, -0.2) is 5.75 Å².